The number of pyridine rings is 1. The highest BCUT2D eigenvalue weighted by Gasteiger charge is 2.14. The van der Waals surface area contributed by atoms with Crippen molar-refractivity contribution in [2.45, 2.75) is 0 Å². The largest absolute Gasteiger partial charge is 0.248 e. The highest BCUT2D eigenvalue weighted by atomic mass is 14.7. The molecule has 62 heavy (non-hydrogen) atoms. The second-order valence-electron chi connectivity index (χ2n) is 15.9. The third-order valence-corrected chi connectivity index (χ3v) is 12.1. The number of nitrogens with zero attached hydrogens (tertiary/aromatic N) is 1. The molecule has 11 rings (SSSR count). The maximum absolute atomic E-state index is 5.41. The van der Waals surface area contributed by atoms with Gasteiger partial charge < -0.3 is 0 Å². The molecular formula is C61H41N. The summed E-state index contributed by atoms with van der Waals surface area (Å²) in [5.41, 5.74) is 18.2. The standard InChI is InChI=1S/C61H41N/c1-2-14-42(15-3-1)47-20-8-21-48(36-47)43-32-34-46(35-33-43)60-40-55(51-24-10-26-53(38-51)59-31-13-19-45-17-5-7-29-57(45)59)41-61(62-60)54-27-11-23-50(39-54)49-22-9-25-52(37-49)58-30-12-18-44-16-4-6-28-56(44)58/h1-41H. The van der Waals surface area contributed by atoms with Crippen molar-refractivity contribution in [3.63, 3.8) is 0 Å². The average Bonchev–Trinajstić information content (AvgIpc) is 3.36. The summed E-state index contributed by atoms with van der Waals surface area (Å²) in [7, 11) is 0. The first-order valence-corrected chi connectivity index (χ1v) is 21.3. The fourth-order valence-corrected chi connectivity index (χ4v) is 8.88. The lowest BCUT2D eigenvalue weighted by Gasteiger charge is -2.14. The molecule has 290 valence electrons. The first-order chi connectivity index (χ1) is 30.7. The van der Waals surface area contributed by atoms with Gasteiger partial charge in [0.1, 0.15) is 0 Å². The van der Waals surface area contributed by atoms with Crippen LogP contribution in [0.25, 0.3) is 111 Å². The number of hydrogen-bond donors (Lipinski definition) is 0. The van der Waals surface area contributed by atoms with Gasteiger partial charge in [0.05, 0.1) is 11.4 Å². The van der Waals surface area contributed by atoms with Gasteiger partial charge in [0, 0.05) is 11.1 Å². The quantitative estimate of drug-likeness (QED) is 0.149. The number of benzene rings is 10. The molecule has 1 aromatic heterocycles. The van der Waals surface area contributed by atoms with E-state index in [4.69, 9.17) is 4.98 Å². The van der Waals surface area contributed by atoms with Gasteiger partial charge in [0.15, 0.2) is 0 Å². The summed E-state index contributed by atoms with van der Waals surface area (Å²) in [6.07, 6.45) is 0. The molecule has 0 amide bonds. The lowest BCUT2D eigenvalue weighted by molar-refractivity contribution is 1.32. The van der Waals surface area contributed by atoms with Crippen LogP contribution >= 0.6 is 0 Å². The lowest BCUT2D eigenvalue weighted by atomic mass is 9.93. The van der Waals surface area contributed by atoms with Gasteiger partial charge in [-0.15, -0.1) is 0 Å². The summed E-state index contributed by atoms with van der Waals surface area (Å²) >= 11 is 0. The molecule has 0 bridgehead atoms. The maximum Gasteiger partial charge on any atom is 0.0715 e. The van der Waals surface area contributed by atoms with Crippen LogP contribution in [-0.4, -0.2) is 4.98 Å². The van der Waals surface area contributed by atoms with E-state index in [0.717, 1.165) is 39.2 Å². The first-order valence-electron chi connectivity index (χ1n) is 21.3. The Morgan fingerprint density at radius 2 is 0.532 bits per heavy atom. The topological polar surface area (TPSA) is 12.9 Å². The Hall–Kier alpha value is -8.13. The first kappa shape index (κ1) is 36.9. The van der Waals surface area contributed by atoms with Gasteiger partial charge in [0.25, 0.3) is 0 Å². The molecule has 0 radical (unpaired) electrons. The van der Waals surface area contributed by atoms with E-state index < -0.39 is 0 Å². The van der Waals surface area contributed by atoms with Crippen LogP contribution in [0.4, 0.5) is 0 Å². The summed E-state index contributed by atoms with van der Waals surface area (Å²) in [5, 5.41) is 4.99. The molecule has 0 fully saturated rings. The van der Waals surface area contributed by atoms with E-state index in [2.05, 4.69) is 249 Å². The van der Waals surface area contributed by atoms with E-state index in [-0.39, 0.29) is 0 Å². The van der Waals surface area contributed by atoms with Crippen LogP contribution in [0.15, 0.2) is 249 Å². The van der Waals surface area contributed by atoms with Crippen LogP contribution < -0.4 is 0 Å². The molecule has 0 aliphatic heterocycles. The number of fused-ring (bicyclic) bond motifs is 2. The number of aromatic nitrogens is 1. The predicted octanol–water partition coefficient (Wildman–Crippen LogP) is 16.7. The fraction of sp³-hybridized carbons (Fsp3) is 0. The smallest absolute Gasteiger partial charge is 0.0715 e. The molecule has 0 N–H and O–H groups in total. The Bertz CT molecular complexity index is 3390. The highest BCUT2D eigenvalue weighted by Crippen LogP contribution is 2.37. The Morgan fingerprint density at radius 1 is 0.194 bits per heavy atom. The molecule has 1 heteroatoms. The Balaban J connectivity index is 1.00. The van der Waals surface area contributed by atoms with Crippen molar-refractivity contribution in [1.82, 2.24) is 4.98 Å². The molecule has 0 atom stereocenters. The zero-order valence-corrected chi connectivity index (χ0v) is 34.1. The minimum absolute atomic E-state index is 0.930. The molecule has 0 saturated heterocycles. The van der Waals surface area contributed by atoms with Gasteiger partial charge in [-0.05, 0) is 125 Å². The van der Waals surface area contributed by atoms with Gasteiger partial charge in [-0.2, -0.15) is 0 Å². The highest BCUT2D eigenvalue weighted by molar-refractivity contribution is 5.98. The molecule has 0 saturated carbocycles. The second kappa shape index (κ2) is 16.1. The predicted molar refractivity (Wildman–Crippen MR) is 263 cm³/mol. The van der Waals surface area contributed by atoms with E-state index in [1.807, 2.05) is 0 Å². The van der Waals surface area contributed by atoms with Crippen LogP contribution in [0, 0.1) is 0 Å². The van der Waals surface area contributed by atoms with E-state index >= 15 is 0 Å². The Kier molecular flexibility index (Phi) is 9.61. The maximum atomic E-state index is 5.41. The average molecular weight is 788 g/mol. The third kappa shape index (κ3) is 7.27. The molecule has 10 aromatic carbocycles. The molecule has 0 spiro atoms. The second-order valence-corrected chi connectivity index (χ2v) is 15.9. The molecule has 0 aliphatic rings. The Labute approximate surface area is 362 Å². The van der Waals surface area contributed by atoms with Crippen molar-refractivity contribution in [2.24, 2.45) is 0 Å². The SMILES string of the molecule is c1ccc(-c2cccc(-c3ccc(-c4cc(-c5cccc(-c6cccc7ccccc67)c5)cc(-c5cccc(-c6cccc(-c7cccc8ccccc78)c6)c5)n4)cc3)c2)cc1. The van der Waals surface area contributed by atoms with Gasteiger partial charge in [-0.25, -0.2) is 4.98 Å². The normalized spacial score (nSPS) is 11.2. The summed E-state index contributed by atoms with van der Waals surface area (Å²) in [4.78, 5) is 5.41. The third-order valence-electron chi connectivity index (χ3n) is 12.1. The summed E-state index contributed by atoms with van der Waals surface area (Å²) in [5.74, 6) is 0. The zero-order chi connectivity index (χ0) is 41.2. The van der Waals surface area contributed by atoms with Crippen molar-refractivity contribution in [2.75, 3.05) is 0 Å². The summed E-state index contributed by atoms with van der Waals surface area (Å²) < 4.78 is 0. The minimum atomic E-state index is 0.930. The van der Waals surface area contributed by atoms with Gasteiger partial charge in [-0.3, -0.25) is 0 Å². The number of hydrogen-bond acceptors (Lipinski definition) is 1. The fourth-order valence-electron chi connectivity index (χ4n) is 8.88. The van der Waals surface area contributed by atoms with Gasteiger partial charge in [0.2, 0.25) is 0 Å². The molecule has 0 unspecified atom stereocenters. The molecule has 1 heterocycles. The molecule has 1 nitrogen and oxygen atoms in total. The van der Waals surface area contributed by atoms with Crippen LogP contribution in [0.3, 0.4) is 0 Å². The lowest BCUT2D eigenvalue weighted by Crippen LogP contribution is -1.92. The van der Waals surface area contributed by atoms with Crippen LogP contribution in [0.1, 0.15) is 0 Å². The molecule has 11 aromatic rings. The van der Waals surface area contributed by atoms with E-state index in [1.165, 1.54) is 71.6 Å². The van der Waals surface area contributed by atoms with Crippen molar-refractivity contribution < 1.29 is 0 Å². The van der Waals surface area contributed by atoms with Gasteiger partial charge in [-0.1, -0.05) is 212 Å². The molecular weight excluding hydrogens is 747 g/mol. The Morgan fingerprint density at radius 3 is 1.10 bits per heavy atom. The van der Waals surface area contributed by atoms with E-state index in [1.54, 1.807) is 0 Å². The van der Waals surface area contributed by atoms with Crippen molar-refractivity contribution in [3.05, 3.63) is 249 Å². The van der Waals surface area contributed by atoms with Crippen LogP contribution in [0.5, 0.6) is 0 Å². The number of rotatable bonds is 8. The summed E-state index contributed by atoms with van der Waals surface area (Å²) in [6.45, 7) is 0. The van der Waals surface area contributed by atoms with Crippen LogP contribution in [-0.2, 0) is 0 Å². The van der Waals surface area contributed by atoms with E-state index in [9.17, 15) is 0 Å². The van der Waals surface area contributed by atoms with Crippen molar-refractivity contribution >= 4 is 21.5 Å². The van der Waals surface area contributed by atoms with Crippen molar-refractivity contribution in [3.8, 4) is 89.3 Å². The monoisotopic (exact) mass is 787 g/mol. The van der Waals surface area contributed by atoms with Crippen LogP contribution in [0.2, 0.25) is 0 Å². The molecule has 0 aliphatic carbocycles. The van der Waals surface area contributed by atoms with E-state index in [0.29, 0.717) is 0 Å². The van der Waals surface area contributed by atoms with Gasteiger partial charge >= 0.3 is 0 Å². The summed E-state index contributed by atoms with van der Waals surface area (Å²) in [6, 6.07) is 89.7. The minimum Gasteiger partial charge on any atom is -0.248 e. The zero-order valence-electron chi connectivity index (χ0n) is 34.1. The van der Waals surface area contributed by atoms with Crippen molar-refractivity contribution in [1.29, 1.82) is 0 Å².